The molecule has 0 aromatic heterocycles. The molecule has 0 bridgehead atoms. The number of carboxylic acids is 1. The summed E-state index contributed by atoms with van der Waals surface area (Å²) in [5, 5.41) is 10.7. The molecule has 0 aliphatic heterocycles. The van der Waals surface area contributed by atoms with E-state index in [0.717, 1.165) is 19.3 Å². The number of hydrogen-bond donors (Lipinski definition) is 1. The minimum atomic E-state index is -1.96. The molecule has 0 aliphatic carbocycles. The Morgan fingerprint density at radius 2 is 2.00 bits per heavy atom. The highest BCUT2D eigenvalue weighted by Gasteiger charge is 2.37. The van der Waals surface area contributed by atoms with Gasteiger partial charge in [-0.25, -0.2) is 0 Å². The van der Waals surface area contributed by atoms with Gasteiger partial charge in [-0.05, 0) is 19.3 Å². The Balaban J connectivity index is 2.90. The van der Waals surface area contributed by atoms with E-state index in [-0.39, 0.29) is 5.54 Å². The first-order chi connectivity index (χ1) is 8.50. The highest BCUT2D eigenvalue weighted by atomic mass is 28.3. The van der Waals surface area contributed by atoms with Crippen LogP contribution in [0, 0.1) is 0 Å². The van der Waals surface area contributed by atoms with Crippen molar-refractivity contribution in [2.75, 3.05) is 0 Å². The van der Waals surface area contributed by atoms with Crippen molar-refractivity contribution in [3.63, 3.8) is 0 Å². The van der Waals surface area contributed by atoms with E-state index < -0.39 is 14.0 Å². The first-order valence-corrected chi connectivity index (χ1v) is 9.47. The molecule has 0 radical (unpaired) electrons. The standard InChI is InChI=1S/C15H22O2Si/c1-4-5-7-12-14(15(16)17)18(2,3)13-10-8-6-9-11-13/h4,6,8-11,14H,1,5,7,12H2,2-3H3,(H,16,17). The van der Waals surface area contributed by atoms with E-state index in [2.05, 4.69) is 31.8 Å². The fourth-order valence-corrected chi connectivity index (χ4v) is 5.33. The van der Waals surface area contributed by atoms with E-state index in [9.17, 15) is 9.90 Å². The fourth-order valence-electron chi connectivity index (χ4n) is 2.33. The minimum absolute atomic E-state index is 0.222. The normalized spacial score (nSPS) is 13.0. The Bertz CT molecular complexity index is 398. The van der Waals surface area contributed by atoms with E-state index in [4.69, 9.17) is 0 Å². The SMILES string of the molecule is C=CCCCC(C(=O)O)[Si](C)(C)c1ccccc1. The van der Waals surface area contributed by atoms with Crippen LogP contribution < -0.4 is 5.19 Å². The van der Waals surface area contributed by atoms with Gasteiger partial charge in [0, 0.05) is 0 Å². The zero-order valence-electron chi connectivity index (χ0n) is 11.2. The number of carbonyl (C=O) groups is 1. The topological polar surface area (TPSA) is 37.3 Å². The van der Waals surface area contributed by atoms with Crippen molar-refractivity contribution in [1.82, 2.24) is 0 Å². The van der Waals surface area contributed by atoms with Crippen LogP contribution in [0.5, 0.6) is 0 Å². The lowest BCUT2D eigenvalue weighted by molar-refractivity contribution is -0.137. The molecule has 0 amide bonds. The summed E-state index contributed by atoms with van der Waals surface area (Å²) in [6.45, 7) is 7.98. The van der Waals surface area contributed by atoms with E-state index in [0.29, 0.717) is 0 Å². The Morgan fingerprint density at radius 1 is 1.39 bits per heavy atom. The zero-order chi connectivity index (χ0) is 13.6. The highest BCUT2D eigenvalue weighted by molar-refractivity contribution is 6.93. The molecule has 0 saturated heterocycles. The molecule has 1 unspecified atom stereocenters. The summed E-state index contributed by atoms with van der Waals surface area (Å²) in [7, 11) is -1.96. The van der Waals surface area contributed by atoms with E-state index >= 15 is 0 Å². The monoisotopic (exact) mass is 262 g/mol. The van der Waals surface area contributed by atoms with Crippen molar-refractivity contribution in [3.05, 3.63) is 43.0 Å². The molecule has 2 nitrogen and oxygen atoms in total. The van der Waals surface area contributed by atoms with Gasteiger partial charge in [0.15, 0.2) is 0 Å². The van der Waals surface area contributed by atoms with Gasteiger partial charge in [0.2, 0.25) is 0 Å². The molecule has 0 saturated carbocycles. The van der Waals surface area contributed by atoms with E-state index in [1.54, 1.807) is 0 Å². The van der Waals surface area contributed by atoms with Gasteiger partial charge in [0.25, 0.3) is 0 Å². The van der Waals surface area contributed by atoms with Crippen LogP contribution in [0.4, 0.5) is 0 Å². The van der Waals surface area contributed by atoms with Gasteiger partial charge in [-0.15, -0.1) is 6.58 Å². The average Bonchev–Trinajstić information content (AvgIpc) is 2.35. The first-order valence-electron chi connectivity index (χ1n) is 6.39. The third-order valence-electron chi connectivity index (χ3n) is 3.59. The van der Waals surface area contributed by atoms with Gasteiger partial charge in [-0.3, -0.25) is 4.79 Å². The van der Waals surface area contributed by atoms with Gasteiger partial charge in [-0.1, -0.05) is 54.7 Å². The summed E-state index contributed by atoms with van der Waals surface area (Å²) in [6, 6.07) is 10.1. The van der Waals surface area contributed by atoms with Crippen LogP contribution in [0.3, 0.4) is 0 Å². The molecule has 0 spiro atoms. The molecule has 18 heavy (non-hydrogen) atoms. The molecule has 0 aliphatic rings. The Morgan fingerprint density at radius 3 is 2.50 bits per heavy atom. The van der Waals surface area contributed by atoms with Crippen LogP contribution in [-0.4, -0.2) is 19.1 Å². The summed E-state index contributed by atoms with van der Waals surface area (Å²) in [6.07, 6.45) is 4.40. The predicted octanol–water partition coefficient (Wildman–Crippen LogP) is 3.41. The van der Waals surface area contributed by atoms with Gasteiger partial charge in [-0.2, -0.15) is 0 Å². The van der Waals surface area contributed by atoms with Crippen molar-refractivity contribution in [2.45, 2.75) is 37.9 Å². The maximum atomic E-state index is 11.5. The Labute approximate surface area is 110 Å². The molecule has 3 heteroatoms. The molecule has 1 aromatic carbocycles. The number of rotatable bonds is 7. The van der Waals surface area contributed by atoms with Crippen LogP contribution >= 0.6 is 0 Å². The maximum absolute atomic E-state index is 11.5. The number of benzene rings is 1. The summed E-state index contributed by atoms with van der Waals surface area (Å²) >= 11 is 0. The third kappa shape index (κ3) is 3.57. The molecule has 1 N–H and O–H groups in total. The molecular weight excluding hydrogens is 240 g/mol. The maximum Gasteiger partial charge on any atom is 0.304 e. The highest BCUT2D eigenvalue weighted by Crippen LogP contribution is 2.28. The second-order valence-electron chi connectivity index (χ2n) is 5.20. The molecule has 1 rings (SSSR count). The Kier molecular flexibility index (Phi) is 5.35. The van der Waals surface area contributed by atoms with Crippen molar-refractivity contribution >= 4 is 19.2 Å². The lowest BCUT2D eigenvalue weighted by Gasteiger charge is -2.30. The lowest BCUT2D eigenvalue weighted by atomic mass is 10.2. The zero-order valence-corrected chi connectivity index (χ0v) is 12.2. The van der Waals surface area contributed by atoms with Gasteiger partial charge < -0.3 is 5.11 Å². The molecule has 98 valence electrons. The molecule has 1 aromatic rings. The summed E-state index contributed by atoms with van der Waals surface area (Å²) < 4.78 is 0. The van der Waals surface area contributed by atoms with Gasteiger partial charge in [0.05, 0.1) is 13.6 Å². The van der Waals surface area contributed by atoms with E-state index in [1.807, 2.05) is 24.3 Å². The summed E-state index contributed by atoms with van der Waals surface area (Å²) in [5.74, 6) is -0.653. The third-order valence-corrected chi connectivity index (χ3v) is 7.69. The molecule has 0 heterocycles. The number of hydrogen-bond acceptors (Lipinski definition) is 1. The van der Waals surface area contributed by atoms with Crippen LogP contribution in [0.25, 0.3) is 0 Å². The van der Waals surface area contributed by atoms with Gasteiger partial charge in [0.1, 0.15) is 0 Å². The molecule has 1 atom stereocenters. The van der Waals surface area contributed by atoms with Crippen molar-refractivity contribution in [1.29, 1.82) is 0 Å². The average molecular weight is 262 g/mol. The first kappa shape index (κ1) is 14.7. The van der Waals surface area contributed by atoms with E-state index in [1.165, 1.54) is 5.19 Å². The number of allylic oxidation sites excluding steroid dienone is 1. The second kappa shape index (κ2) is 6.54. The summed E-state index contributed by atoms with van der Waals surface area (Å²) in [5.41, 5.74) is -0.222. The smallest absolute Gasteiger partial charge is 0.304 e. The van der Waals surface area contributed by atoms with Crippen LogP contribution in [-0.2, 0) is 4.79 Å². The van der Waals surface area contributed by atoms with Crippen LogP contribution in [0.15, 0.2) is 43.0 Å². The largest absolute Gasteiger partial charge is 0.481 e. The second-order valence-corrected chi connectivity index (χ2v) is 9.92. The van der Waals surface area contributed by atoms with Crippen molar-refractivity contribution in [3.8, 4) is 0 Å². The van der Waals surface area contributed by atoms with Crippen LogP contribution in [0.2, 0.25) is 18.6 Å². The molecular formula is C15H22O2Si. The number of aliphatic carboxylic acids is 1. The minimum Gasteiger partial charge on any atom is -0.481 e. The van der Waals surface area contributed by atoms with Gasteiger partial charge >= 0.3 is 5.97 Å². The number of unbranched alkanes of at least 4 members (excludes halogenated alkanes) is 1. The fraction of sp³-hybridized carbons (Fsp3) is 0.400. The predicted molar refractivity (Wildman–Crippen MR) is 79.0 cm³/mol. The summed E-state index contributed by atoms with van der Waals surface area (Å²) in [4.78, 5) is 11.5. The van der Waals surface area contributed by atoms with Crippen LogP contribution in [0.1, 0.15) is 19.3 Å². The van der Waals surface area contributed by atoms with Crippen molar-refractivity contribution in [2.24, 2.45) is 0 Å². The number of carboxylic acid groups (broad SMARTS) is 1. The Hall–Kier alpha value is -1.35. The quantitative estimate of drug-likeness (QED) is 0.464. The lowest BCUT2D eigenvalue weighted by Crippen LogP contribution is -2.48. The molecule has 0 fully saturated rings. The van der Waals surface area contributed by atoms with Crippen molar-refractivity contribution < 1.29 is 9.90 Å².